The molecule has 0 saturated heterocycles. The van der Waals surface area contributed by atoms with E-state index in [0.717, 1.165) is 0 Å². The minimum absolute atomic E-state index is 0. The average Bonchev–Trinajstić information content (AvgIpc) is 1.82. The fraction of sp³-hybridized carbons (Fsp3) is 0.800. The van der Waals surface area contributed by atoms with Crippen molar-refractivity contribution in [3.05, 3.63) is 0 Å². The van der Waals surface area contributed by atoms with E-state index in [1.165, 1.54) is 6.92 Å². The van der Waals surface area contributed by atoms with Crippen LogP contribution in [0.3, 0.4) is 0 Å². The van der Waals surface area contributed by atoms with Gasteiger partial charge in [-0.1, -0.05) is 14.5 Å². The predicted octanol–water partition coefficient (Wildman–Crippen LogP) is -7.90. The van der Waals surface area contributed by atoms with E-state index in [4.69, 9.17) is 5.11 Å². The maximum atomic E-state index is 10.1. The number of hydrogen-bond donors (Lipinski definition) is 1. The van der Waals surface area contributed by atoms with Gasteiger partial charge in [-0.3, -0.25) is 0 Å². The van der Waals surface area contributed by atoms with E-state index in [1.54, 1.807) is 0 Å². The molecular weight excluding hydrogens is 217 g/mol. The topological polar surface area (TPSA) is 100 Å². The van der Waals surface area contributed by atoms with Gasteiger partial charge in [0.15, 0.2) is 0 Å². The minimum atomic E-state index is -4.70. The summed E-state index contributed by atoms with van der Waals surface area (Å²) in [5, 5.41) is 8.85. The Kier molecular flexibility index (Phi) is 14.1. The van der Waals surface area contributed by atoms with Gasteiger partial charge in [-0.25, -0.2) is 0 Å². The van der Waals surface area contributed by atoms with Gasteiger partial charge in [-0.2, -0.15) is 0 Å². The molecule has 0 saturated carbocycles. The van der Waals surface area contributed by atoms with Gasteiger partial charge in [0.05, 0.1) is 6.10 Å². The number of aldehydes is 1. The van der Waals surface area contributed by atoms with Crippen molar-refractivity contribution in [1.82, 2.24) is 0 Å². The summed E-state index contributed by atoms with van der Waals surface area (Å²) < 4.78 is 10.1. The predicted molar refractivity (Wildman–Crippen MR) is 33.7 cm³/mol. The van der Waals surface area contributed by atoms with Crippen molar-refractivity contribution in [3.8, 4) is 0 Å². The third kappa shape index (κ3) is 11.7. The molecule has 0 aliphatic rings. The Hall–Kier alpha value is 1.78. The summed E-state index contributed by atoms with van der Waals surface area (Å²) in [6.07, 6.45) is -1.86. The molecular formula is C5H9Na2O5P. The third-order valence-corrected chi connectivity index (χ3v) is 2.05. The Labute approximate surface area is 121 Å². The molecule has 13 heavy (non-hydrogen) atoms. The molecule has 2 atom stereocenters. The fourth-order valence-corrected chi connectivity index (χ4v) is 1.28. The SMILES string of the molecule is CC(C=O)C(O)CP(=O)([O-])[O-].[Na+].[Na+]. The normalized spacial score (nSPS) is 14.8. The van der Waals surface area contributed by atoms with Crippen LogP contribution < -0.4 is 68.9 Å². The van der Waals surface area contributed by atoms with Gasteiger partial charge in [0, 0.05) is 12.1 Å². The first-order chi connectivity index (χ1) is 4.87. The largest absolute Gasteiger partial charge is 1.00 e. The van der Waals surface area contributed by atoms with E-state index in [-0.39, 0.29) is 59.1 Å². The van der Waals surface area contributed by atoms with Crippen molar-refractivity contribution < 1.29 is 83.4 Å². The summed E-state index contributed by atoms with van der Waals surface area (Å²) in [5.41, 5.74) is 0. The van der Waals surface area contributed by atoms with Crippen LogP contribution in [0.1, 0.15) is 6.92 Å². The number of carbonyl (C=O) groups excluding carboxylic acids is 1. The van der Waals surface area contributed by atoms with Crippen LogP contribution in [0.2, 0.25) is 0 Å². The number of carbonyl (C=O) groups is 1. The maximum absolute atomic E-state index is 10.1. The Balaban J connectivity index is -0.000000500. The molecule has 0 fully saturated rings. The molecule has 0 spiro atoms. The van der Waals surface area contributed by atoms with Crippen molar-refractivity contribution >= 4 is 13.9 Å². The second-order valence-electron chi connectivity index (χ2n) is 2.36. The molecule has 8 heteroatoms. The van der Waals surface area contributed by atoms with Crippen molar-refractivity contribution in [1.29, 1.82) is 0 Å². The average molecular weight is 226 g/mol. The van der Waals surface area contributed by atoms with Crippen LogP contribution in [0.5, 0.6) is 0 Å². The summed E-state index contributed by atoms with van der Waals surface area (Å²) >= 11 is 0. The van der Waals surface area contributed by atoms with E-state index in [0.29, 0.717) is 6.29 Å². The quantitative estimate of drug-likeness (QED) is 0.291. The summed E-state index contributed by atoms with van der Waals surface area (Å²) in [5.74, 6) is -0.814. The van der Waals surface area contributed by atoms with Crippen LogP contribution >= 0.6 is 7.60 Å². The summed E-state index contributed by atoms with van der Waals surface area (Å²) in [4.78, 5) is 30.1. The monoisotopic (exact) mass is 226 g/mol. The second kappa shape index (κ2) is 9.04. The minimum Gasteiger partial charge on any atom is -0.811 e. The van der Waals surface area contributed by atoms with Gasteiger partial charge < -0.3 is 24.3 Å². The molecule has 0 radical (unpaired) electrons. The van der Waals surface area contributed by atoms with Gasteiger partial charge in [0.25, 0.3) is 0 Å². The molecule has 0 rings (SSSR count). The van der Waals surface area contributed by atoms with E-state index in [9.17, 15) is 19.1 Å². The van der Waals surface area contributed by atoms with Gasteiger partial charge >= 0.3 is 59.1 Å². The molecule has 66 valence electrons. The van der Waals surface area contributed by atoms with Crippen LogP contribution in [-0.2, 0) is 9.36 Å². The first-order valence-corrected chi connectivity index (χ1v) is 4.74. The molecule has 0 aromatic carbocycles. The van der Waals surface area contributed by atoms with Crippen molar-refractivity contribution in [2.75, 3.05) is 6.16 Å². The van der Waals surface area contributed by atoms with E-state index < -0.39 is 25.8 Å². The molecule has 2 unspecified atom stereocenters. The molecule has 0 heterocycles. The zero-order chi connectivity index (χ0) is 9.07. The Morgan fingerprint density at radius 1 is 1.46 bits per heavy atom. The number of aliphatic hydroxyl groups excluding tert-OH is 1. The van der Waals surface area contributed by atoms with Crippen LogP contribution in [0, 0.1) is 5.92 Å². The maximum Gasteiger partial charge on any atom is 1.00 e. The zero-order valence-corrected chi connectivity index (χ0v) is 12.9. The van der Waals surface area contributed by atoms with Crippen molar-refractivity contribution in [2.45, 2.75) is 13.0 Å². The Morgan fingerprint density at radius 3 is 2.08 bits per heavy atom. The molecule has 0 bridgehead atoms. The van der Waals surface area contributed by atoms with Gasteiger partial charge in [-0.05, 0) is 0 Å². The number of aliphatic hydroxyl groups is 1. The molecule has 0 aromatic heterocycles. The van der Waals surface area contributed by atoms with Crippen molar-refractivity contribution in [2.24, 2.45) is 5.92 Å². The van der Waals surface area contributed by atoms with Crippen LogP contribution in [0.25, 0.3) is 0 Å². The van der Waals surface area contributed by atoms with E-state index in [1.807, 2.05) is 0 Å². The van der Waals surface area contributed by atoms with E-state index >= 15 is 0 Å². The van der Waals surface area contributed by atoms with Crippen molar-refractivity contribution in [3.63, 3.8) is 0 Å². The summed E-state index contributed by atoms with van der Waals surface area (Å²) in [6, 6.07) is 0. The van der Waals surface area contributed by atoms with Gasteiger partial charge in [0.1, 0.15) is 6.29 Å². The van der Waals surface area contributed by atoms with Gasteiger partial charge in [0.2, 0.25) is 0 Å². The molecule has 0 amide bonds. The first-order valence-electron chi connectivity index (χ1n) is 3.01. The zero-order valence-electron chi connectivity index (χ0n) is 7.97. The number of hydrogen-bond acceptors (Lipinski definition) is 5. The van der Waals surface area contributed by atoms with Crippen LogP contribution in [0.4, 0.5) is 0 Å². The molecule has 1 N–H and O–H groups in total. The molecule has 0 aliphatic heterocycles. The third-order valence-electron chi connectivity index (χ3n) is 1.23. The summed E-state index contributed by atoms with van der Waals surface area (Å²) in [6.45, 7) is 1.34. The van der Waals surface area contributed by atoms with Gasteiger partial charge in [-0.15, -0.1) is 0 Å². The fourth-order valence-electron chi connectivity index (χ4n) is 0.486. The van der Waals surface area contributed by atoms with E-state index in [2.05, 4.69) is 0 Å². The smallest absolute Gasteiger partial charge is 0.811 e. The standard InChI is InChI=1S/C5H11O5P.2Na/c1-4(2-6)5(7)3-11(8,9)10;;/h2,4-5,7H,3H2,1H3,(H2,8,9,10);;/q;2*+1/p-2. The van der Waals surface area contributed by atoms with Crippen LogP contribution in [-0.4, -0.2) is 23.7 Å². The van der Waals surface area contributed by atoms with Crippen LogP contribution in [0.15, 0.2) is 0 Å². The Bertz CT molecular complexity index is 182. The number of rotatable bonds is 4. The Morgan fingerprint density at radius 2 is 1.85 bits per heavy atom. The molecule has 5 nitrogen and oxygen atoms in total. The summed E-state index contributed by atoms with van der Waals surface area (Å²) in [7, 11) is -4.70. The molecule has 0 aliphatic carbocycles. The molecule has 0 aromatic rings. The second-order valence-corrected chi connectivity index (χ2v) is 3.94. The first kappa shape index (κ1) is 20.2.